The summed E-state index contributed by atoms with van der Waals surface area (Å²) < 4.78 is 7.37. The summed E-state index contributed by atoms with van der Waals surface area (Å²) >= 11 is 0. The van der Waals surface area contributed by atoms with Crippen molar-refractivity contribution in [2.75, 3.05) is 6.61 Å². The van der Waals surface area contributed by atoms with Gasteiger partial charge in [-0.2, -0.15) is 0 Å². The largest absolute Gasteiger partial charge is 0.494 e. The van der Waals surface area contributed by atoms with Crippen molar-refractivity contribution < 1.29 is 9.30 Å². The summed E-state index contributed by atoms with van der Waals surface area (Å²) in [5, 5.41) is 0. The van der Waals surface area contributed by atoms with Gasteiger partial charge in [0.05, 0.1) is 6.61 Å². The lowest BCUT2D eigenvalue weighted by atomic mass is 10.3. The molecule has 0 aliphatic carbocycles. The highest BCUT2D eigenvalue weighted by Crippen LogP contribution is 2.11. The Kier molecular flexibility index (Phi) is 2.49. The molecule has 14 heavy (non-hydrogen) atoms. The second kappa shape index (κ2) is 3.96. The minimum atomic E-state index is 0.705. The molecule has 2 aromatic rings. The fraction of sp³-hybridized carbons (Fsp3) is 0.182. The number of aromatic amines is 1. The molecule has 72 valence electrons. The van der Waals surface area contributed by atoms with Crippen molar-refractivity contribution in [3.05, 3.63) is 43.0 Å². The van der Waals surface area contributed by atoms with E-state index in [0.29, 0.717) is 6.61 Å². The van der Waals surface area contributed by atoms with Crippen molar-refractivity contribution in [3.8, 4) is 11.4 Å². The molecule has 0 aliphatic rings. The second-order valence-corrected chi connectivity index (χ2v) is 2.95. The third kappa shape index (κ3) is 1.76. The molecular formula is C11H13N2O+. The Morgan fingerprint density at radius 2 is 2.07 bits per heavy atom. The predicted molar refractivity (Wildman–Crippen MR) is 53.5 cm³/mol. The normalized spacial score (nSPS) is 10.1. The van der Waals surface area contributed by atoms with Gasteiger partial charge in [-0.1, -0.05) is 0 Å². The summed E-state index contributed by atoms with van der Waals surface area (Å²) in [5.74, 6) is 0.910. The molecule has 3 heteroatoms. The third-order valence-corrected chi connectivity index (χ3v) is 1.99. The maximum atomic E-state index is 5.36. The van der Waals surface area contributed by atoms with Gasteiger partial charge in [0.15, 0.2) is 0 Å². The van der Waals surface area contributed by atoms with Crippen LogP contribution in [0.3, 0.4) is 0 Å². The van der Waals surface area contributed by atoms with Crippen molar-refractivity contribution in [2.24, 2.45) is 0 Å². The molecule has 0 saturated heterocycles. The number of nitrogens with zero attached hydrogens (tertiary/aromatic N) is 1. The standard InChI is InChI=1S/C11H12N2O/c1-2-14-11-5-3-10(4-6-11)13-8-7-12-9-13/h3-9H,2H2,1H3/p+1. The number of imidazole rings is 1. The van der Waals surface area contributed by atoms with Crippen LogP contribution in [0.25, 0.3) is 5.69 Å². The number of benzene rings is 1. The van der Waals surface area contributed by atoms with E-state index in [-0.39, 0.29) is 0 Å². The summed E-state index contributed by atoms with van der Waals surface area (Å²) in [6, 6.07) is 8.00. The quantitative estimate of drug-likeness (QED) is 0.731. The molecule has 1 aromatic carbocycles. The first-order valence-electron chi connectivity index (χ1n) is 4.67. The number of hydrogen-bond donors (Lipinski definition) is 1. The lowest BCUT2D eigenvalue weighted by molar-refractivity contribution is -0.594. The van der Waals surface area contributed by atoms with Crippen LogP contribution in [0.4, 0.5) is 0 Å². The highest BCUT2D eigenvalue weighted by Gasteiger charge is 2.01. The van der Waals surface area contributed by atoms with Crippen LogP contribution in [0.15, 0.2) is 43.0 Å². The molecule has 0 amide bonds. The lowest BCUT2D eigenvalue weighted by Gasteiger charge is -2.02. The zero-order valence-corrected chi connectivity index (χ0v) is 8.10. The van der Waals surface area contributed by atoms with Crippen molar-refractivity contribution >= 4 is 0 Å². The first kappa shape index (κ1) is 8.81. The second-order valence-electron chi connectivity index (χ2n) is 2.95. The van der Waals surface area contributed by atoms with Crippen LogP contribution in [0.2, 0.25) is 0 Å². The average molecular weight is 189 g/mol. The summed E-state index contributed by atoms with van der Waals surface area (Å²) in [6.45, 7) is 2.69. The Morgan fingerprint density at radius 1 is 1.29 bits per heavy atom. The maximum Gasteiger partial charge on any atom is 0.246 e. The first-order chi connectivity index (χ1) is 6.90. The SMILES string of the molecule is CCOc1ccc(-[n+]2cc[nH]c2)cc1. The fourth-order valence-corrected chi connectivity index (χ4v) is 1.33. The predicted octanol–water partition coefficient (Wildman–Crippen LogP) is 1.69. The third-order valence-electron chi connectivity index (χ3n) is 1.99. The maximum absolute atomic E-state index is 5.36. The number of ether oxygens (including phenoxy) is 1. The molecule has 0 saturated carbocycles. The summed E-state index contributed by atoms with van der Waals surface area (Å²) in [6.07, 6.45) is 5.75. The van der Waals surface area contributed by atoms with E-state index in [1.165, 1.54) is 0 Å². The molecule has 0 radical (unpaired) electrons. The summed E-state index contributed by atoms with van der Waals surface area (Å²) in [4.78, 5) is 3.00. The topological polar surface area (TPSA) is 28.9 Å². The minimum absolute atomic E-state index is 0.705. The van der Waals surface area contributed by atoms with Crippen molar-refractivity contribution in [1.29, 1.82) is 0 Å². The van der Waals surface area contributed by atoms with E-state index in [9.17, 15) is 0 Å². The average Bonchev–Trinajstić information content (AvgIpc) is 2.72. The Morgan fingerprint density at radius 3 is 2.64 bits per heavy atom. The van der Waals surface area contributed by atoms with Gasteiger partial charge in [0.2, 0.25) is 6.33 Å². The van der Waals surface area contributed by atoms with Crippen molar-refractivity contribution in [3.63, 3.8) is 0 Å². The zero-order chi connectivity index (χ0) is 9.80. The fourth-order valence-electron chi connectivity index (χ4n) is 1.33. The van der Waals surface area contributed by atoms with Gasteiger partial charge >= 0.3 is 0 Å². The molecule has 1 N–H and O–H groups in total. The molecular weight excluding hydrogens is 176 g/mol. The van der Waals surface area contributed by atoms with Gasteiger partial charge in [-0.05, 0) is 31.2 Å². The Balaban J connectivity index is 2.22. The summed E-state index contributed by atoms with van der Waals surface area (Å²) in [7, 11) is 0. The molecule has 1 heterocycles. The molecule has 0 bridgehead atoms. The molecule has 0 spiro atoms. The van der Waals surface area contributed by atoms with Crippen LogP contribution in [0.5, 0.6) is 5.75 Å². The van der Waals surface area contributed by atoms with E-state index in [1.54, 1.807) is 0 Å². The van der Waals surface area contributed by atoms with E-state index in [2.05, 4.69) is 4.98 Å². The van der Waals surface area contributed by atoms with Gasteiger partial charge in [-0.3, -0.25) is 0 Å². The van der Waals surface area contributed by atoms with Crippen LogP contribution in [-0.2, 0) is 0 Å². The van der Waals surface area contributed by atoms with Crippen molar-refractivity contribution in [1.82, 2.24) is 4.98 Å². The Hall–Kier alpha value is -1.77. The van der Waals surface area contributed by atoms with E-state index in [1.807, 2.05) is 54.5 Å². The molecule has 0 aliphatic heterocycles. The van der Waals surface area contributed by atoms with E-state index >= 15 is 0 Å². The van der Waals surface area contributed by atoms with E-state index < -0.39 is 0 Å². The van der Waals surface area contributed by atoms with Crippen LogP contribution >= 0.6 is 0 Å². The molecule has 2 rings (SSSR count). The summed E-state index contributed by atoms with van der Waals surface area (Å²) in [5.41, 5.74) is 1.12. The van der Waals surface area contributed by atoms with Gasteiger partial charge in [0.25, 0.3) is 0 Å². The number of rotatable bonds is 3. The monoisotopic (exact) mass is 189 g/mol. The smallest absolute Gasteiger partial charge is 0.246 e. The molecule has 1 aromatic heterocycles. The highest BCUT2D eigenvalue weighted by molar-refractivity contribution is 5.31. The molecule has 0 atom stereocenters. The number of nitrogens with one attached hydrogen (secondary N) is 1. The van der Waals surface area contributed by atoms with E-state index in [4.69, 9.17) is 4.74 Å². The molecule has 0 fully saturated rings. The van der Waals surface area contributed by atoms with Gasteiger partial charge in [0.1, 0.15) is 23.8 Å². The molecule has 0 unspecified atom stereocenters. The van der Waals surface area contributed by atoms with Gasteiger partial charge in [-0.15, -0.1) is 0 Å². The highest BCUT2D eigenvalue weighted by atomic mass is 16.5. The van der Waals surface area contributed by atoms with Crippen LogP contribution in [0, 0.1) is 0 Å². The number of hydrogen-bond acceptors (Lipinski definition) is 1. The molecule has 3 nitrogen and oxygen atoms in total. The minimum Gasteiger partial charge on any atom is -0.494 e. The zero-order valence-electron chi connectivity index (χ0n) is 8.10. The van der Waals surface area contributed by atoms with Gasteiger partial charge in [-0.25, -0.2) is 9.55 Å². The van der Waals surface area contributed by atoms with E-state index in [0.717, 1.165) is 11.4 Å². The van der Waals surface area contributed by atoms with Crippen LogP contribution in [0.1, 0.15) is 6.92 Å². The number of H-pyrrole nitrogens is 1. The Bertz CT molecular complexity index is 378. The first-order valence-corrected chi connectivity index (χ1v) is 4.67. The Labute approximate surface area is 83.0 Å². The van der Waals surface area contributed by atoms with Crippen LogP contribution in [-0.4, -0.2) is 11.6 Å². The number of aromatic nitrogens is 2. The van der Waals surface area contributed by atoms with Crippen LogP contribution < -0.4 is 9.30 Å². The van der Waals surface area contributed by atoms with Gasteiger partial charge in [0, 0.05) is 0 Å². The van der Waals surface area contributed by atoms with Gasteiger partial charge < -0.3 is 4.74 Å². The van der Waals surface area contributed by atoms with Crippen molar-refractivity contribution in [2.45, 2.75) is 6.92 Å². The lowest BCUT2D eigenvalue weighted by Crippen LogP contribution is -2.26.